The summed E-state index contributed by atoms with van der Waals surface area (Å²) >= 11 is 0. The van der Waals surface area contributed by atoms with Crippen molar-refractivity contribution in [3.63, 3.8) is 0 Å². The van der Waals surface area contributed by atoms with Gasteiger partial charge in [-0.3, -0.25) is 19.5 Å². The Morgan fingerprint density at radius 1 is 1.40 bits per heavy atom. The largest absolute Gasteiger partial charge is 0.280 e. The molecule has 1 aromatic rings. The van der Waals surface area contributed by atoms with Gasteiger partial charge < -0.3 is 0 Å². The first-order valence-electron chi connectivity index (χ1n) is 4.50. The molecule has 4 nitrogen and oxygen atoms in total. The molecule has 1 aliphatic heterocycles. The molecule has 0 bridgehead atoms. The fourth-order valence-corrected chi connectivity index (χ4v) is 1.49. The quantitative estimate of drug-likeness (QED) is 0.521. The zero-order valence-electron chi connectivity index (χ0n) is 7.93. The molecule has 15 heavy (non-hydrogen) atoms. The third-order valence-corrected chi connectivity index (χ3v) is 2.21. The van der Waals surface area contributed by atoms with Crippen LogP contribution in [0.2, 0.25) is 0 Å². The van der Waals surface area contributed by atoms with E-state index < -0.39 is 0 Å². The number of carbonyl (C=O) groups is 2. The first kappa shape index (κ1) is 9.41. The summed E-state index contributed by atoms with van der Waals surface area (Å²) in [6, 6.07) is 3.23. The molecule has 2 amide bonds. The molecule has 2 heterocycles. The van der Waals surface area contributed by atoms with E-state index >= 15 is 0 Å². The second-order valence-corrected chi connectivity index (χ2v) is 3.12. The minimum absolute atomic E-state index is 0.222. The van der Waals surface area contributed by atoms with Crippen LogP contribution in [0, 0.1) is 12.3 Å². The number of amides is 2. The third-order valence-electron chi connectivity index (χ3n) is 2.21. The maximum Gasteiger partial charge on any atom is 0.280 e. The van der Waals surface area contributed by atoms with Gasteiger partial charge in [0, 0.05) is 19.2 Å². The van der Waals surface area contributed by atoms with Gasteiger partial charge in [0.05, 0.1) is 5.56 Å². The Bertz CT molecular complexity index is 439. The standard InChI is InChI=1S/C11H8N2O2/c1-2-3-7-13-10(14)8-5-4-6-12-9(8)11(13)15/h1,4-6H,3,7H2. The van der Waals surface area contributed by atoms with Crippen LogP contribution < -0.4 is 0 Å². The molecule has 2 rings (SSSR count). The molecule has 74 valence electrons. The van der Waals surface area contributed by atoms with Crippen molar-refractivity contribution in [3.8, 4) is 12.3 Å². The van der Waals surface area contributed by atoms with Crippen LogP contribution in [0.15, 0.2) is 18.3 Å². The van der Waals surface area contributed by atoms with Crippen molar-refractivity contribution in [1.29, 1.82) is 0 Å². The lowest BCUT2D eigenvalue weighted by Gasteiger charge is -2.10. The van der Waals surface area contributed by atoms with Gasteiger partial charge in [-0.05, 0) is 12.1 Å². The Morgan fingerprint density at radius 2 is 2.20 bits per heavy atom. The lowest BCUT2D eigenvalue weighted by Crippen LogP contribution is -2.30. The monoisotopic (exact) mass is 200 g/mol. The summed E-state index contributed by atoms with van der Waals surface area (Å²) in [6.07, 6.45) is 6.95. The number of carbonyl (C=O) groups excluding carboxylic acids is 2. The van der Waals surface area contributed by atoms with E-state index in [9.17, 15) is 9.59 Å². The highest BCUT2D eigenvalue weighted by molar-refractivity contribution is 6.20. The molecule has 0 spiro atoms. The van der Waals surface area contributed by atoms with Gasteiger partial charge in [-0.1, -0.05) is 0 Å². The van der Waals surface area contributed by atoms with Crippen molar-refractivity contribution in [1.82, 2.24) is 9.88 Å². The van der Waals surface area contributed by atoms with Gasteiger partial charge in [0.2, 0.25) is 0 Å². The Balaban J connectivity index is 2.34. The highest BCUT2D eigenvalue weighted by atomic mass is 16.2. The van der Waals surface area contributed by atoms with Crippen LogP contribution in [-0.4, -0.2) is 28.2 Å². The molecule has 0 saturated carbocycles. The average molecular weight is 200 g/mol. The van der Waals surface area contributed by atoms with E-state index in [1.165, 1.54) is 6.20 Å². The van der Waals surface area contributed by atoms with Gasteiger partial charge >= 0.3 is 0 Å². The van der Waals surface area contributed by atoms with E-state index in [0.29, 0.717) is 12.0 Å². The van der Waals surface area contributed by atoms with Gasteiger partial charge in [-0.2, -0.15) is 0 Å². The Kier molecular flexibility index (Phi) is 2.22. The van der Waals surface area contributed by atoms with E-state index in [2.05, 4.69) is 10.9 Å². The van der Waals surface area contributed by atoms with E-state index in [0.717, 1.165) is 4.90 Å². The summed E-state index contributed by atoms with van der Waals surface area (Å²) in [4.78, 5) is 28.4. The van der Waals surface area contributed by atoms with E-state index in [1.807, 2.05) is 0 Å². The number of pyridine rings is 1. The van der Waals surface area contributed by atoms with Gasteiger partial charge in [0.1, 0.15) is 5.69 Å². The summed E-state index contributed by atoms with van der Waals surface area (Å²) in [7, 11) is 0. The minimum Gasteiger partial charge on any atom is -0.272 e. The Labute approximate surface area is 86.9 Å². The normalized spacial score (nSPS) is 13.9. The van der Waals surface area contributed by atoms with Crippen LogP contribution in [0.25, 0.3) is 0 Å². The second kappa shape index (κ2) is 3.54. The Hall–Kier alpha value is -2.15. The van der Waals surface area contributed by atoms with E-state index in [1.54, 1.807) is 12.1 Å². The van der Waals surface area contributed by atoms with Gasteiger partial charge in [-0.25, -0.2) is 0 Å². The maximum atomic E-state index is 11.7. The van der Waals surface area contributed by atoms with Crippen molar-refractivity contribution in [3.05, 3.63) is 29.6 Å². The zero-order chi connectivity index (χ0) is 10.8. The first-order valence-corrected chi connectivity index (χ1v) is 4.50. The molecule has 0 aliphatic carbocycles. The molecule has 0 fully saturated rings. The number of hydrogen-bond acceptors (Lipinski definition) is 3. The topological polar surface area (TPSA) is 50.3 Å². The molecular weight excluding hydrogens is 192 g/mol. The van der Waals surface area contributed by atoms with Crippen LogP contribution in [0.4, 0.5) is 0 Å². The lowest BCUT2D eigenvalue weighted by atomic mass is 10.2. The molecule has 0 atom stereocenters. The fourth-order valence-electron chi connectivity index (χ4n) is 1.49. The van der Waals surface area contributed by atoms with Crippen molar-refractivity contribution < 1.29 is 9.59 Å². The smallest absolute Gasteiger partial charge is 0.272 e. The highest BCUT2D eigenvalue weighted by Crippen LogP contribution is 2.20. The number of hydrogen-bond donors (Lipinski definition) is 0. The predicted molar refractivity (Wildman–Crippen MR) is 53.1 cm³/mol. The second-order valence-electron chi connectivity index (χ2n) is 3.12. The highest BCUT2D eigenvalue weighted by Gasteiger charge is 2.35. The number of imide groups is 1. The number of terminal acetylenes is 1. The first-order chi connectivity index (χ1) is 7.25. The van der Waals surface area contributed by atoms with Crippen molar-refractivity contribution in [2.45, 2.75) is 6.42 Å². The predicted octanol–water partition coefficient (Wildman–Crippen LogP) is 0.701. The molecular formula is C11H8N2O2. The molecule has 4 heteroatoms. The molecule has 0 N–H and O–H groups in total. The molecule has 0 radical (unpaired) electrons. The number of nitrogens with zero attached hydrogens (tertiary/aromatic N) is 2. The van der Waals surface area contributed by atoms with Gasteiger partial charge in [0.25, 0.3) is 11.8 Å². The number of aromatic nitrogens is 1. The SMILES string of the molecule is C#CCCN1C(=O)c2cccnc2C1=O. The number of fused-ring (bicyclic) bond motifs is 1. The molecule has 1 aliphatic rings. The summed E-state index contributed by atoms with van der Waals surface area (Å²) in [5, 5.41) is 0. The summed E-state index contributed by atoms with van der Waals surface area (Å²) < 4.78 is 0. The van der Waals surface area contributed by atoms with Crippen LogP contribution in [-0.2, 0) is 0 Å². The van der Waals surface area contributed by atoms with Gasteiger partial charge in [-0.15, -0.1) is 12.3 Å². The van der Waals surface area contributed by atoms with E-state index in [-0.39, 0.29) is 24.1 Å². The summed E-state index contributed by atoms with van der Waals surface area (Å²) in [5.41, 5.74) is 0.582. The third kappa shape index (κ3) is 1.38. The number of rotatable bonds is 2. The Morgan fingerprint density at radius 3 is 2.87 bits per heavy atom. The minimum atomic E-state index is -0.356. The van der Waals surface area contributed by atoms with Crippen LogP contribution in [0.3, 0.4) is 0 Å². The molecule has 0 saturated heterocycles. The maximum absolute atomic E-state index is 11.7. The van der Waals surface area contributed by atoms with Gasteiger partial charge in [0.15, 0.2) is 0 Å². The van der Waals surface area contributed by atoms with Crippen molar-refractivity contribution in [2.24, 2.45) is 0 Å². The van der Waals surface area contributed by atoms with Crippen molar-refractivity contribution in [2.75, 3.05) is 6.54 Å². The van der Waals surface area contributed by atoms with Crippen LogP contribution >= 0.6 is 0 Å². The molecule has 0 aromatic carbocycles. The fraction of sp³-hybridized carbons (Fsp3) is 0.182. The summed E-state index contributed by atoms with van der Waals surface area (Å²) in [5.74, 6) is 1.73. The average Bonchev–Trinajstić information content (AvgIpc) is 2.51. The van der Waals surface area contributed by atoms with Crippen LogP contribution in [0.1, 0.15) is 27.3 Å². The summed E-state index contributed by atoms with van der Waals surface area (Å²) in [6.45, 7) is 0.254. The van der Waals surface area contributed by atoms with Crippen molar-refractivity contribution >= 4 is 11.8 Å². The van der Waals surface area contributed by atoms with Crippen LogP contribution in [0.5, 0.6) is 0 Å². The van der Waals surface area contributed by atoms with E-state index in [4.69, 9.17) is 6.42 Å². The lowest BCUT2D eigenvalue weighted by molar-refractivity contribution is 0.0656. The zero-order valence-corrected chi connectivity index (χ0v) is 7.93. The molecule has 0 unspecified atom stereocenters. The molecule has 1 aromatic heterocycles.